The van der Waals surface area contributed by atoms with Crippen LogP contribution in [-0.2, 0) is 10.0 Å². The number of nitrogens with zero attached hydrogens (tertiary/aromatic N) is 2. The molecular formula is C10H14ClN3O4S. The van der Waals surface area contributed by atoms with Crippen LogP contribution in [0, 0.1) is 10.1 Å². The predicted molar refractivity (Wildman–Crippen MR) is 74.1 cm³/mol. The molecule has 1 rings (SSSR count). The molecule has 0 radical (unpaired) electrons. The summed E-state index contributed by atoms with van der Waals surface area (Å²) >= 11 is 5.86. The summed E-state index contributed by atoms with van der Waals surface area (Å²) in [5.41, 5.74) is -0.0575. The lowest BCUT2D eigenvalue weighted by Gasteiger charge is -2.12. The van der Waals surface area contributed by atoms with Gasteiger partial charge in [0.15, 0.2) is 0 Å². The number of para-hydroxylation sites is 1. The van der Waals surface area contributed by atoms with Gasteiger partial charge in [0.05, 0.1) is 15.7 Å². The minimum atomic E-state index is -3.36. The van der Waals surface area contributed by atoms with Gasteiger partial charge in [-0.15, -0.1) is 0 Å². The Hall–Kier alpha value is -1.38. The van der Waals surface area contributed by atoms with E-state index in [1.54, 1.807) is 0 Å². The molecule has 0 aromatic heterocycles. The lowest BCUT2D eigenvalue weighted by Crippen LogP contribution is -2.28. The van der Waals surface area contributed by atoms with Crippen LogP contribution in [-0.4, -0.2) is 44.0 Å². The number of anilines is 1. The molecule has 0 saturated heterocycles. The average Bonchev–Trinajstić information content (AvgIpc) is 2.30. The van der Waals surface area contributed by atoms with Gasteiger partial charge in [0.1, 0.15) is 5.69 Å². The number of sulfonamides is 1. The van der Waals surface area contributed by atoms with Gasteiger partial charge in [0.25, 0.3) is 5.69 Å². The smallest absolute Gasteiger partial charge is 0.293 e. The summed E-state index contributed by atoms with van der Waals surface area (Å²) in [7, 11) is -0.509. The highest BCUT2D eigenvalue weighted by molar-refractivity contribution is 7.89. The molecule has 0 aliphatic rings. The van der Waals surface area contributed by atoms with Crippen LogP contribution in [0.25, 0.3) is 0 Å². The van der Waals surface area contributed by atoms with Gasteiger partial charge in [-0.1, -0.05) is 17.7 Å². The zero-order valence-electron chi connectivity index (χ0n) is 10.5. The van der Waals surface area contributed by atoms with E-state index in [2.05, 4.69) is 5.32 Å². The summed E-state index contributed by atoms with van der Waals surface area (Å²) in [4.78, 5) is 10.2. The van der Waals surface area contributed by atoms with Gasteiger partial charge in [-0.05, 0) is 6.07 Å². The van der Waals surface area contributed by atoms with Crippen molar-refractivity contribution in [2.45, 2.75) is 0 Å². The molecule has 0 fully saturated rings. The number of nitrogens with one attached hydrogen (secondary N) is 1. The number of rotatable bonds is 6. The molecule has 0 saturated carbocycles. The molecule has 7 nitrogen and oxygen atoms in total. The van der Waals surface area contributed by atoms with Crippen molar-refractivity contribution in [2.24, 2.45) is 0 Å². The Labute approximate surface area is 116 Å². The largest absolute Gasteiger partial charge is 0.377 e. The van der Waals surface area contributed by atoms with Crippen LogP contribution in [0.15, 0.2) is 18.2 Å². The minimum absolute atomic E-state index is 0.0328. The van der Waals surface area contributed by atoms with E-state index in [0.29, 0.717) is 0 Å². The fraction of sp³-hybridized carbons (Fsp3) is 0.400. The lowest BCUT2D eigenvalue weighted by molar-refractivity contribution is -0.383. The Morgan fingerprint density at radius 1 is 1.42 bits per heavy atom. The van der Waals surface area contributed by atoms with Crippen LogP contribution >= 0.6 is 11.6 Å². The first-order valence-corrected chi connectivity index (χ1v) is 7.31. The molecule has 0 bridgehead atoms. The zero-order valence-corrected chi connectivity index (χ0v) is 12.0. The highest BCUT2D eigenvalue weighted by Crippen LogP contribution is 2.31. The van der Waals surface area contributed by atoms with Crippen LogP contribution in [0.5, 0.6) is 0 Å². The third-order valence-electron chi connectivity index (χ3n) is 2.41. The molecule has 0 aliphatic heterocycles. The topological polar surface area (TPSA) is 92.6 Å². The van der Waals surface area contributed by atoms with Crippen molar-refractivity contribution >= 4 is 33.0 Å². The van der Waals surface area contributed by atoms with E-state index in [-0.39, 0.29) is 28.7 Å². The molecule has 0 atom stereocenters. The SMILES string of the molecule is CN(C)S(=O)(=O)CCNc1c(Cl)cccc1[N+](=O)[O-]. The summed E-state index contributed by atoms with van der Waals surface area (Å²) in [5.74, 6) is -0.178. The number of nitro groups is 1. The van der Waals surface area contributed by atoms with Crippen LogP contribution < -0.4 is 5.32 Å². The molecule has 19 heavy (non-hydrogen) atoms. The highest BCUT2D eigenvalue weighted by Gasteiger charge is 2.18. The van der Waals surface area contributed by atoms with Crippen molar-refractivity contribution in [3.05, 3.63) is 33.3 Å². The quantitative estimate of drug-likeness (QED) is 0.636. The molecule has 0 aliphatic carbocycles. The number of halogens is 1. The standard InChI is InChI=1S/C10H14ClN3O4S/c1-13(2)19(17,18)7-6-12-10-8(11)4-3-5-9(10)14(15)16/h3-5,12H,6-7H2,1-2H3. The van der Waals surface area contributed by atoms with Crippen LogP contribution in [0.1, 0.15) is 0 Å². The first kappa shape index (κ1) is 15.7. The zero-order chi connectivity index (χ0) is 14.6. The second kappa shape index (κ2) is 6.18. The number of nitro benzene ring substituents is 1. The molecule has 1 aromatic rings. The molecule has 106 valence electrons. The van der Waals surface area contributed by atoms with Gasteiger partial charge >= 0.3 is 0 Å². The fourth-order valence-electron chi connectivity index (χ4n) is 1.33. The fourth-order valence-corrected chi connectivity index (χ4v) is 2.29. The van der Waals surface area contributed by atoms with E-state index in [1.807, 2.05) is 0 Å². The molecule has 0 spiro atoms. The summed E-state index contributed by atoms with van der Waals surface area (Å²) in [6, 6.07) is 4.26. The number of benzene rings is 1. The van der Waals surface area contributed by atoms with E-state index in [4.69, 9.17) is 11.6 Å². The Bertz CT molecular complexity index is 574. The first-order chi connectivity index (χ1) is 8.75. The van der Waals surface area contributed by atoms with E-state index < -0.39 is 14.9 Å². The highest BCUT2D eigenvalue weighted by atomic mass is 35.5. The van der Waals surface area contributed by atoms with Crippen molar-refractivity contribution in [1.82, 2.24) is 4.31 Å². The monoisotopic (exact) mass is 307 g/mol. The van der Waals surface area contributed by atoms with Crippen molar-refractivity contribution in [3.63, 3.8) is 0 Å². The lowest BCUT2D eigenvalue weighted by atomic mass is 10.2. The Balaban J connectivity index is 2.82. The summed E-state index contributed by atoms with van der Waals surface area (Å²) in [6.45, 7) is 0.0328. The Morgan fingerprint density at radius 2 is 2.05 bits per heavy atom. The number of hydrogen-bond acceptors (Lipinski definition) is 5. The second-order valence-electron chi connectivity index (χ2n) is 3.92. The third-order valence-corrected chi connectivity index (χ3v) is 4.55. The molecular weight excluding hydrogens is 294 g/mol. The molecule has 1 N–H and O–H groups in total. The van der Waals surface area contributed by atoms with Gasteiger partial charge in [0.2, 0.25) is 10.0 Å². The van der Waals surface area contributed by atoms with Crippen molar-refractivity contribution in [3.8, 4) is 0 Å². The first-order valence-electron chi connectivity index (χ1n) is 5.32. The van der Waals surface area contributed by atoms with E-state index in [0.717, 1.165) is 4.31 Å². The van der Waals surface area contributed by atoms with Crippen molar-refractivity contribution < 1.29 is 13.3 Å². The summed E-state index contributed by atoms with van der Waals surface area (Å²) in [5, 5.41) is 13.7. The van der Waals surface area contributed by atoms with E-state index in [1.165, 1.54) is 32.3 Å². The summed E-state index contributed by atoms with van der Waals surface area (Å²) < 4.78 is 24.2. The van der Waals surface area contributed by atoms with Gasteiger partial charge < -0.3 is 5.32 Å². The Kier molecular flexibility index (Phi) is 5.10. The molecule has 0 amide bonds. The molecule has 1 aromatic carbocycles. The molecule has 0 heterocycles. The predicted octanol–water partition coefficient (Wildman–Crippen LogP) is 1.55. The van der Waals surface area contributed by atoms with Crippen LogP contribution in [0.4, 0.5) is 11.4 Å². The van der Waals surface area contributed by atoms with E-state index >= 15 is 0 Å². The maximum absolute atomic E-state index is 11.5. The van der Waals surface area contributed by atoms with Crippen LogP contribution in [0.2, 0.25) is 5.02 Å². The second-order valence-corrected chi connectivity index (χ2v) is 6.63. The van der Waals surface area contributed by atoms with Gasteiger partial charge in [-0.3, -0.25) is 10.1 Å². The number of hydrogen-bond donors (Lipinski definition) is 1. The maximum atomic E-state index is 11.5. The van der Waals surface area contributed by atoms with Gasteiger partial charge in [0, 0.05) is 26.7 Å². The summed E-state index contributed by atoms with van der Waals surface area (Å²) in [6.07, 6.45) is 0. The van der Waals surface area contributed by atoms with E-state index in [9.17, 15) is 18.5 Å². The maximum Gasteiger partial charge on any atom is 0.293 e. The molecule has 0 unspecified atom stereocenters. The molecule has 9 heteroatoms. The third kappa shape index (κ3) is 4.05. The van der Waals surface area contributed by atoms with Crippen molar-refractivity contribution in [1.29, 1.82) is 0 Å². The normalized spacial score (nSPS) is 11.6. The van der Waals surface area contributed by atoms with Crippen LogP contribution in [0.3, 0.4) is 0 Å². The minimum Gasteiger partial charge on any atom is -0.377 e. The average molecular weight is 308 g/mol. The van der Waals surface area contributed by atoms with Gasteiger partial charge in [-0.2, -0.15) is 0 Å². The van der Waals surface area contributed by atoms with Gasteiger partial charge in [-0.25, -0.2) is 12.7 Å². The van der Waals surface area contributed by atoms with Crippen molar-refractivity contribution in [2.75, 3.05) is 31.7 Å². The Morgan fingerprint density at radius 3 is 2.58 bits per heavy atom.